The molecule has 0 spiro atoms. The van der Waals surface area contributed by atoms with Crippen molar-refractivity contribution in [3.63, 3.8) is 0 Å². The van der Waals surface area contributed by atoms with Crippen LogP contribution in [0.3, 0.4) is 0 Å². The monoisotopic (exact) mass is 441 g/mol. The van der Waals surface area contributed by atoms with Gasteiger partial charge in [-0.1, -0.05) is 13.8 Å². The maximum Gasteiger partial charge on any atom is 0.191 e. The Hall–Kier alpha value is -0.0800. The van der Waals surface area contributed by atoms with Crippen molar-refractivity contribution in [3.8, 4) is 0 Å². The number of nitrogens with one attached hydrogen (secondary N) is 2. The molecule has 0 aromatic heterocycles. The molecule has 2 N–H and O–H groups in total. The SMILES string of the molecule is CN=C(NCCCOCCOC)NC1CCC(C(C)C)CC1.I. The van der Waals surface area contributed by atoms with Crippen LogP contribution in [0.25, 0.3) is 0 Å². The molecule has 1 fully saturated rings. The molecule has 6 heteroatoms. The number of guanidine groups is 1. The van der Waals surface area contributed by atoms with E-state index in [2.05, 4.69) is 29.5 Å². The van der Waals surface area contributed by atoms with E-state index >= 15 is 0 Å². The number of rotatable bonds is 9. The Morgan fingerprint density at radius 3 is 2.39 bits per heavy atom. The van der Waals surface area contributed by atoms with E-state index in [1.165, 1.54) is 25.7 Å². The normalized spacial score (nSPS) is 21.9. The molecule has 0 bridgehead atoms. The van der Waals surface area contributed by atoms with Crippen molar-refractivity contribution < 1.29 is 9.47 Å². The lowest BCUT2D eigenvalue weighted by atomic mass is 9.80. The van der Waals surface area contributed by atoms with E-state index in [-0.39, 0.29) is 24.0 Å². The molecule has 0 aromatic rings. The van der Waals surface area contributed by atoms with Crippen LogP contribution >= 0.6 is 24.0 Å². The number of ether oxygens (including phenoxy) is 2. The first-order chi connectivity index (χ1) is 10.7. The lowest BCUT2D eigenvalue weighted by molar-refractivity contribution is 0.0698. The quantitative estimate of drug-likeness (QED) is 0.250. The van der Waals surface area contributed by atoms with Gasteiger partial charge in [0.15, 0.2) is 5.96 Å². The Morgan fingerprint density at radius 2 is 1.83 bits per heavy atom. The molecule has 138 valence electrons. The highest BCUT2D eigenvalue weighted by atomic mass is 127. The van der Waals surface area contributed by atoms with Crippen molar-refractivity contribution in [2.24, 2.45) is 16.8 Å². The Balaban J connectivity index is 0.00000484. The van der Waals surface area contributed by atoms with Gasteiger partial charge >= 0.3 is 0 Å². The second kappa shape index (κ2) is 14.3. The number of aliphatic imine (C=N–C) groups is 1. The summed E-state index contributed by atoms with van der Waals surface area (Å²) in [6.07, 6.45) is 6.15. The Bertz CT molecular complexity index is 306. The summed E-state index contributed by atoms with van der Waals surface area (Å²) in [4.78, 5) is 4.32. The van der Waals surface area contributed by atoms with E-state index < -0.39 is 0 Å². The molecule has 23 heavy (non-hydrogen) atoms. The minimum absolute atomic E-state index is 0. The van der Waals surface area contributed by atoms with Crippen LogP contribution in [-0.4, -0.2) is 52.5 Å². The fourth-order valence-electron chi connectivity index (χ4n) is 2.94. The second-order valence-corrected chi connectivity index (χ2v) is 6.46. The van der Waals surface area contributed by atoms with Crippen molar-refractivity contribution in [3.05, 3.63) is 0 Å². The summed E-state index contributed by atoms with van der Waals surface area (Å²) in [6, 6.07) is 0.569. The van der Waals surface area contributed by atoms with Crippen LogP contribution in [0.4, 0.5) is 0 Å². The second-order valence-electron chi connectivity index (χ2n) is 6.46. The number of nitrogens with zero attached hydrogens (tertiary/aromatic N) is 1. The van der Waals surface area contributed by atoms with Crippen LogP contribution < -0.4 is 10.6 Å². The Labute approximate surface area is 159 Å². The third-order valence-electron chi connectivity index (χ3n) is 4.47. The first kappa shape index (κ1) is 22.9. The maximum absolute atomic E-state index is 5.45. The molecule has 0 radical (unpaired) electrons. The highest BCUT2D eigenvalue weighted by molar-refractivity contribution is 14.0. The number of hydrogen-bond acceptors (Lipinski definition) is 3. The van der Waals surface area contributed by atoms with Crippen LogP contribution in [-0.2, 0) is 9.47 Å². The molecule has 1 saturated carbocycles. The average Bonchev–Trinajstić information content (AvgIpc) is 2.53. The first-order valence-corrected chi connectivity index (χ1v) is 8.71. The van der Waals surface area contributed by atoms with Crippen molar-refractivity contribution in [1.82, 2.24) is 10.6 Å². The standard InChI is InChI=1S/C17H35N3O2.HI/c1-14(2)15-6-8-16(9-7-15)20-17(18-3)19-10-5-11-22-13-12-21-4;/h14-16H,5-13H2,1-4H3,(H2,18,19,20);1H. The highest BCUT2D eigenvalue weighted by Gasteiger charge is 2.23. The van der Waals surface area contributed by atoms with Crippen molar-refractivity contribution in [2.45, 2.75) is 52.0 Å². The summed E-state index contributed by atoms with van der Waals surface area (Å²) in [7, 11) is 3.53. The van der Waals surface area contributed by atoms with Gasteiger partial charge in [-0.2, -0.15) is 0 Å². The molecule has 0 aliphatic heterocycles. The van der Waals surface area contributed by atoms with Gasteiger partial charge in [0.25, 0.3) is 0 Å². The summed E-state index contributed by atoms with van der Waals surface area (Å²) in [5.74, 6) is 2.64. The van der Waals surface area contributed by atoms with Crippen molar-refractivity contribution >= 4 is 29.9 Å². The van der Waals surface area contributed by atoms with Gasteiger partial charge in [-0.25, -0.2) is 0 Å². The van der Waals surface area contributed by atoms with Crippen LogP contribution in [0, 0.1) is 11.8 Å². The largest absolute Gasteiger partial charge is 0.382 e. The molecule has 1 rings (SSSR count). The summed E-state index contributed by atoms with van der Waals surface area (Å²) in [5.41, 5.74) is 0. The van der Waals surface area contributed by atoms with E-state index in [4.69, 9.17) is 9.47 Å². The molecule has 0 saturated heterocycles. The van der Waals surface area contributed by atoms with E-state index in [1.807, 2.05) is 7.05 Å². The molecule has 1 aliphatic rings. The van der Waals surface area contributed by atoms with E-state index in [1.54, 1.807) is 7.11 Å². The van der Waals surface area contributed by atoms with Crippen molar-refractivity contribution in [2.75, 3.05) is 40.5 Å². The van der Waals surface area contributed by atoms with Gasteiger partial charge in [-0.3, -0.25) is 4.99 Å². The van der Waals surface area contributed by atoms with E-state index in [9.17, 15) is 0 Å². The van der Waals surface area contributed by atoms with Gasteiger partial charge < -0.3 is 20.1 Å². The molecular weight excluding hydrogens is 405 g/mol. The number of hydrogen-bond donors (Lipinski definition) is 2. The van der Waals surface area contributed by atoms with E-state index in [0.717, 1.165) is 37.4 Å². The third kappa shape index (κ3) is 10.4. The molecule has 0 amide bonds. The maximum atomic E-state index is 5.45. The fourth-order valence-corrected chi connectivity index (χ4v) is 2.94. The average molecular weight is 441 g/mol. The summed E-state index contributed by atoms with van der Waals surface area (Å²) >= 11 is 0. The zero-order valence-electron chi connectivity index (χ0n) is 15.3. The van der Waals surface area contributed by atoms with Crippen LogP contribution in [0.2, 0.25) is 0 Å². The smallest absolute Gasteiger partial charge is 0.191 e. The molecule has 0 heterocycles. The van der Waals surface area contributed by atoms with E-state index in [0.29, 0.717) is 19.3 Å². The summed E-state index contributed by atoms with van der Waals surface area (Å²) in [6.45, 7) is 7.65. The predicted octanol–water partition coefficient (Wildman–Crippen LogP) is 3.04. The molecule has 5 nitrogen and oxygen atoms in total. The zero-order valence-corrected chi connectivity index (χ0v) is 17.6. The minimum atomic E-state index is 0. The Kier molecular flexibility index (Phi) is 14.2. The summed E-state index contributed by atoms with van der Waals surface area (Å²) in [5, 5.41) is 6.92. The molecular formula is C17H36IN3O2. The molecule has 0 unspecified atom stereocenters. The minimum Gasteiger partial charge on any atom is -0.382 e. The highest BCUT2D eigenvalue weighted by Crippen LogP contribution is 2.29. The first-order valence-electron chi connectivity index (χ1n) is 8.71. The van der Waals surface area contributed by atoms with Gasteiger partial charge in [0.2, 0.25) is 0 Å². The molecule has 0 atom stereocenters. The summed E-state index contributed by atoms with van der Waals surface area (Å²) < 4.78 is 10.4. The molecule has 0 aromatic carbocycles. The molecule has 1 aliphatic carbocycles. The van der Waals surface area contributed by atoms with Crippen molar-refractivity contribution in [1.29, 1.82) is 0 Å². The lowest BCUT2D eigenvalue weighted by Crippen LogP contribution is -2.45. The van der Waals surface area contributed by atoms with Crippen LogP contribution in [0.15, 0.2) is 4.99 Å². The lowest BCUT2D eigenvalue weighted by Gasteiger charge is -2.32. The Morgan fingerprint density at radius 1 is 1.13 bits per heavy atom. The fraction of sp³-hybridized carbons (Fsp3) is 0.941. The topological polar surface area (TPSA) is 54.9 Å². The third-order valence-corrected chi connectivity index (χ3v) is 4.47. The van der Waals surface area contributed by atoms with Crippen LogP contribution in [0.5, 0.6) is 0 Å². The van der Waals surface area contributed by atoms with Gasteiger partial charge in [0.05, 0.1) is 13.2 Å². The van der Waals surface area contributed by atoms with Crippen LogP contribution in [0.1, 0.15) is 46.0 Å². The van der Waals surface area contributed by atoms with Gasteiger partial charge in [-0.15, -0.1) is 24.0 Å². The number of methoxy groups -OCH3 is 1. The predicted molar refractivity (Wildman–Crippen MR) is 108 cm³/mol. The zero-order chi connectivity index (χ0) is 16.2. The van der Waals surface area contributed by atoms with Gasteiger partial charge in [0.1, 0.15) is 0 Å². The van der Waals surface area contributed by atoms with Gasteiger partial charge in [-0.05, 0) is 43.9 Å². The van der Waals surface area contributed by atoms with Gasteiger partial charge in [0, 0.05) is 33.4 Å². The number of halogens is 1.